The minimum Gasteiger partial charge on any atom is -0.342 e. The van der Waals surface area contributed by atoms with Crippen molar-refractivity contribution < 1.29 is 9.59 Å². The molecule has 1 atom stereocenters. The van der Waals surface area contributed by atoms with Crippen LogP contribution in [0.25, 0.3) is 0 Å². The molecule has 0 radical (unpaired) electrons. The summed E-state index contributed by atoms with van der Waals surface area (Å²) in [6.07, 6.45) is 6.08. The Morgan fingerprint density at radius 3 is 2.70 bits per heavy atom. The quantitative estimate of drug-likeness (QED) is 0.813. The maximum Gasteiger partial charge on any atom is 0.254 e. The highest BCUT2D eigenvalue weighted by Crippen LogP contribution is 2.39. The SMILES string of the molecule is CC(C)CCN1C[C@]2(CCCN(C(=O)c3ccn(C)c(=O)c3)C2)CCC1=O. The summed E-state index contributed by atoms with van der Waals surface area (Å²) in [6.45, 7) is 7.30. The number of hydrogen-bond donors (Lipinski definition) is 0. The number of carbonyl (C=O) groups excluding carboxylic acids is 2. The number of carbonyl (C=O) groups is 2. The van der Waals surface area contributed by atoms with Crippen LogP contribution in [-0.2, 0) is 11.8 Å². The number of amides is 2. The molecule has 0 aromatic carbocycles. The minimum atomic E-state index is -0.171. The standard InChI is InChI=1S/C21H31N3O3/c1-16(2)6-12-23-14-21(9-5-18(23)25)8-4-10-24(15-21)20(27)17-7-11-22(3)19(26)13-17/h7,11,13,16H,4-6,8-10,12,14-15H2,1-3H3/t21-/m0/s1. The third kappa shape index (κ3) is 4.42. The number of likely N-dealkylation sites (tertiary alicyclic amines) is 2. The second kappa shape index (κ2) is 7.87. The first-order valence-electron chi connectivity index (χ1n) is 10.0. The molecule has 3 heterocycles. The molecule has 27 heavy (non-hydrogen) atoms. The molecule has 2 fully saturated rings. The number of piperidine rings is 2. The lowest BCUT2D eigenvalue weighted by atomic mass is 9.73. The normalized spacial score (nSPS) is 23.3. The monoisotopic (exact) mass is 373 g/mol. The van der Waals surface area contributed by atoms with Gasteiger partial charge in [0, 0.05) is 62.9 Å². The predicted molar refractivity (Wildman–Crippen MR) is 105 cm³/mol. The van der Waals surface area contributed by atoms with Crippen molar-refractivity contribution in [3.05, 3.63) is 34.2 Å². The molecule has 3 rings (SSSR count). The van der Waals surface area contributed by atoms with Gasteiger partial charge >= 0.3 is 0 Å². The second-order valence-electron chi connectivity index (χ2n) is 8.69. The Hall–Kier alpha value is -2.11. The van der Waals surface area contributed by atoms with Crippen LogP contribution in [0, 0.1) is 11.3 Å². The molecule has 1 aromatic heterocycles. The Kier molecular flexibility index (Phi) is 5.72. The highest BCUT2D eigenvalue weighted by atomic mass is 16.2. The highest BCUT2D eigenvalue weighted by molar-refractivity contribution is 5.94. The van der Waals surface area contributed by atoms with E-state index in [-0.39, 0.29) is 22.8 Å². The van der Waals surface area contributed by atoms with E-state index < -0.39 is 0 Å². The lowest BCUT2D eigenvalue weighted by molar-refractivity contribution is -0.139. The smallest absolute Gasteiger partial charge is 0.254 e. The molecule has 2 aliphatic heterocycles. The molecule has 148 valence electrons. The number of hydrogen-bond acceptors (Lipinski definition) is 3. The van der Waals surface area contributed by atoms with Crippen LogP contribution in [0.15, 0.2) is 23.1 Å². The van der Waals surface area contributed by atoms with Crippen LogP contribution in [0.4, 0.5) is 0 Å². The molecule has 0 saturated carbocycles. The Balaban J connectivity index is 1.72. The van der Waals surface area contributed by atoms with E-state index in [1.165, 1.54) is 10.6 Å². The first kappa shape index (κ1) is 19.6. The van der Waals surface area contributed by atoms with Crippen LogP contribution in [0.3, 0.4) is 0 Å². The van der Waals surface area contributed by atoms with Crippen LogP contribution in [-0.4, -0.2) is 52.4 Å². The highest BCUT2D eigenvalue weighted by Gasteiger charge is 2.42. The first-order valence-corrected chi connectivity index (χ1v) is 10.0. The van der Waals surface area contributed by atoms with Gasteiger partial charge < -0.3 is 14.4 Å². The van der Waals surface area contributed by atoms with E-state index in [2.05, 4.69) is 13.8 Å². The molecule has 6 heteroatoms. The van der Waals surface area contributed by atoms with E-state index in [9.17, 15) is 14.4 Å². The molecule has 0 N–H and O–H groups in total. The third-order valence-electron chi connectivity index (χ3n) is 6.02. The fourth-order valence-corrected chi connectivity index (χ4v) is 4.30. The van der Waals surface area contributed by atoms with Crippen LogP contribution >= 0.6 is 0 Å². The maximum atomic E-state index is 12.9. The summed E-state index contributed by atoms with van der Waals surface area (Å²) < 4.78 is 1.47. The molecule has 0 unspecified atom stereocenters. The Morgan fingerprint density at radius 2 is 2.00 bits per heavy atom. The lowest BCUT2D eigenvalue weighted by Gasteiger charge is -2.48. The molecule has 6 nitrogen and oxygen atoms in total. The molecule has 0 bridgehead atoms. The van der Waals surface area contributed by atoms with Gasteiger partial charge in [0.15, 0.2) is 0 Å². The summed E-state index contributed by atoms with van der Waals surface area (Å²) >= 11 is 0. The molecule has 1 spiro atoms. The number of pyridine rings is 1. The summed E-state index contributed by atoms with van der Waals surface area (Å²) in [5.74, 6) is 0.745. The number of aromatic nitrogens is 1. The summed E-state index contributed by atoms with van der Waals surface area (Å²) in [5, 5.41) is 0. The van der Waals surface area contributed by atoms with E-state index >= 15 is 0 Å². The van der Waals surface area contributed by atoms with Gasteiger partial charge in [0.05, 0.1) is 0 Å². The van der Waals surface area contributed by atoms with Gasteiger partial charge in [-0.25, -0.2) is 0 Å². The molecule has 2 aliphatic rings. The second-order valence-corrected chi connectivity index (χ2v) is 8.69. The van der Waals surface area contributed by atoms with E-state index in [0.29, 0.717) is 24.4 Å². The Bertz CT molecular complexity index is 770. The topological polar surface area (TPSA) is 62.6 Å². The number of rotatable bonds is 4. The van der Waals surface area contributed by atoms with Crippen molar-refractivity contribution in [2.75, 3.05) is 26.2 Å². The van der Waals surface area contributed by atoms with Gasteiger partial charge in [-0.3, -0.25) is 14.4 Å². The molecule has 2 amide bonds. The Labute approximate surface area is 161 Å². The van der Waals surface area contributed by atoms with Crippen molar-refractivity contribution in [1.82, 2.24) is 14.4 Å². The van der Waals surface area contributed by atoms with Crippen LogP contribution in [0.5, 0.6) is 0 Å². The largest absolute Gasteiger partial charge is 0.342 e. The van der Waals surface area contributed by atoms with Gasteiger partial charge in [-0.05, 0) is 37.7 Å². The van der Waals surface area contributed by atoms with Gasteiger partial charge in [0.2, 0.25) is 5.91 Å². The van der Waals surface area contributed by atoms with Crippen molar-refractivity contribution in [1.29, 1.82) is 0 Å². The third-order valence-corrected chi connectivity index (χ3v) is 6.02. The summed E-state index contributed by atoms with van der Waals surface area (Å²) in [5.41, 5.74) is 0.285. The average Bonchev–Trinajstić information content (AvgIpc) is 2.64. The molecule has 2 saturated heterocycles. The predicted octanol–water partition coefficient (Wildman–Crippen LogP) is 2.28. The summed E-state index contributed by atoms with van der Waals surface area (Å²) in [7, 11) is 1.68. The van der Waals surface area contributed by atoms with E-state index in [4.69, 9.17) is 0 Å². The molecule has 1 aromatic rings. The van der Waals surface area contributed by atoms with Gasteiger partial charge in [-0.1, -0.05) is 13.8 Å². The van der Waals surface area contributed by atoms with Crippen molar-refractivity contribution in [2.45, 2.75) is 46.0 Å². The fourth-order valence-electron chi connectivity index (χ4n) is 4.30. The zero-order valence-electron chi connectivity index (χ0n) is 16.7. The summed E-state index contributed by atoms with van der Waals surface area (Å²) in [4.78, 5) is 41.1. The summed E-state index contributed by atoms with van der Waals surface area (Å²) in [6, 6.07) is 3.13. The lowest BCUT2D eigenvalue weighted by Crippen LogP contribution is -2.55. The van der Waals surface area contributed by atoms with E-state index in [1.54, 1.807) is 19.3 Å². The van der Waals surface area contributed by atoms with Crippen LogP contribution < -0.4 is 5.56 Å². The average molecular weight is 373 g/mol. The Morgan fingerprint density at radius 1 is 1.22 bits per heavy atom. The van der Waals surface area contributed by atoms with Crippen molar-refractivity contribution in [3.63, 3.8) is 0 Å². The van der Waals surface area contributed by atoms with Crippen LogP contribution in [0.2, 0.25) is 0 Å². The number of aryl methyl sites for hydroxylation is 1. The molecular weight excluding hydrogens is 342 g/mol. The van der Waals surface area contributed by atoms with Gasteiger partial charge in [-0.15, -0.1) is 0 Å². The van der Waals surface area contributed by atoms with Crippen molar-refractivity contribution in [3.8, 4) is 0 Å². The van der Waals surface area contributed by atoms with E-state index in [1.807, 2.05) is 9.80 Å². The van der Waals surface area contributed by atoms with Crippen molar-refractivity contribution >= 4 is 11.8 Å². The van der Waals surface area contributed by atoms with E-state index in [0.717, 1.165) is 45.3 Å². The fraction of sp³-hybridized carbons (Fsp3) is 0.667. The van der Waals surface area contributed by atoms with Gasteiger partial charge in [0.25, 0.3) is 11.5 Å². The number of nitrogens with zero attached hydrogens (tertiary/aromatic N) is 3. The molecule has 0 aliphatic carbocycles. The van der Waals surface area contributed by atoms with Gasteiger partial charge in [0.1, 0.15) is 0 Å². The van der Waals surface area contributed by atoms with Crippen LogP contribution in [0.1, 0.15) is 56.3 Å². The first-order chi connectivity index (χ1) is 12.8. The van der Waals surface area contributed by atoms with Gasteiger partial charge in [-0.2, -0.15) is 0 Å². The molecular formula is C21H31N3O3. The zero-order valence-corrected chi connectivity index (χ0v) is 16.7. The van der Waals surface area contributed by atoms with Crippen molar-refractivity contribution in [2.24, 2.45) is 18.4 Å². The maximum absolute atomic E-state index is 12.9. The zero-order chi connectivity index (χ0) is 19.6. The minimum absolute atomic E-state index is 0.00145.